The molecule has 4 rings (SSSR count). The Labute approximate surface area is 225 Å². The van der Waals surface area contributed by atoms with E-state index in [1.165, 1.54) is 0 Å². The fourth-order valence-electron chi connectivity index (χ4n) is 5.60. The number of amides is 2. The van der Waals surface area contributed by atoms with Gasteiger partial charge in [-0.25, -0.2) is 0 Å². The van der Waals surface area contributed by atoms with E-state index in [4.69, 9.17) is 18.9 Å². The van der Waals surface area contributed by atoms with E-state index in [0.717, 1.165) is 37.2 Å². The first-order chi connectivity index (χ1) is 18.5. The molecule has 9 nitrogen and oxygen atoms in total. The minimum absolute atomic E-state index is 0.0243. The Morgan fingerprint density at radius 2 is 1.58 bits per heavy atom. The minimum Gasteiger partial charge on any atom is -0.493 e. The molecule has 2 heterocycles. The normalized spacial score (nSPS) is 19.8. The summed E-state index contributed by atoms with van der Waals surface area (Å²) in [5, 5.41) is 0. The van der Waals surface area contributed by atoms with Crippen LogP contribution in [0.3, 0.4) is 0 Å². The predicted molar refractivity (Wildman–Crippen MR) is 144 cm³/mol. The lowest BCUT2D eigenvalue weighted by Crippen LogP contribution is -2.53. The number of nitrogens with zero attached hydrogens (tertiary/aromatic N) is 3. The lowest BCUT2D eigenvalue weighted by molar-refractivity contribution is -0.136. The highest BCUT2D eigenvalue weighted by Gasteiger charge is 2.46. The molecule has 0 spiro atoms. The molecular weight excluding hydrogens is 486 g/mol. The van der Waals surface area contributed by atoms with Crippen LogP contribution in [-0.4, -0.2) is 101 Å². The van der Waals surface area contributed by atoms with Crippen molar-refractivity contribution >= 4 is 11.8 Å². The van der Waals surface area contributed by atoms with Crippen LogP contribution < -0.4 is 14.2 Å². The maximum absolute atomic E-state index is 14.4. The van der Waals surface area contributed by atoms with E-state index in [0.29, 0.717) is 49.1 Å². The van der Waals surface area contributed by atoms with Gasteiger partial charge >= 0.3 is 0 Å². The van der Waals surface area contributed by atoms with E-state index in [2.05, 4.69) is 4.90 Å². The Balaban J connectivity index is 1.80. The van der Waals surface area contributed by atoms with Crippen molar-refractivity contribution in [3.8, 4) is 17.2 Å². The zero-order chi connectivity index (χ0) is 27.2. The van der Waals surface area contributed by atoms with E-state index in [-0.39, 0.29) is 11.8 Å². The first kappa shape index (κ1) is 27.7. The molecule has 9 heteroatoms. The Morgan fingerprint density at radius 3 is 2.16 bits per heavy atom. The summed E-state index contributed by atoms with van der Waals surface area (Å²) in [6, 6.07) is 10.7. The molecule has 1 fully saturated rings. The number of hydrogen-bond donors (Lipinski definition) is 0. The third-order valence-electron chi connectivity index (χ3n) is 7.49. The molecule has 0 unspecified atom stereocenters. The first-order valence-corrected chi connectivity index (χ1v) is 13.2. The molecule has 0 bridgehead atoms. The average Bonchev–Trinajstić information content (AvgIpc) is 2.96. The quantitative estimate of drug-likeness (QED) is 0.471. The fraction of sp³-hybridized carbons (Fsp3) is 0.517. The summed E-state index contributed by atoms with van der Waals surface area (Å²) >= 11 is 0. The van der Waals surface area contributed by atoms with Gasteiger partial charge in [0.1, 0.15) is 0 Å². The highest BCUT2D eigenvalue weighted by Crippen LogP contribution is 2.48. The molecule has 0 aromatic heterocycles. The molecule has 2 aromatic carbocycles. The van der Waals surface area contributed by atoms with Gasteiger partial charge in [-0.3, -0.25) is 14.5 Å². The fourth-order valence-corrected chi connectivity index (χ4v) is 5.60. The molecule has 2 aliphatic heterocycles. The molecule has 2 atom stereocenters. The van der Waals surface area contributed by atoms with E-state index in [9.17, 15) is 9.59 Å². The zero-order valence-electron chi connectivity index (χ0n) is 23.1. The van der Waals surface area contributed by atoms with Gasteiger partial charge in [0.2, 0.25) is 11.7 Å². The van der Waals surface area contributed by atoms with Crippen molar-refractivity contribution < 1.29 is 28.5 Å². The van der Waals surface area contributed by atoms with Gasteiger partial charge in [0.25, 0.3) is 5.91 Å². The largest absolute Gasteiger partial charge is 0.493 e. The summed E-state index contributed by atoms with van der Waals surface area (Å²) in [7, 11) is 6.39. The van der Waals surface area contributed by atoms with Crippen LogP contribution in [0, 0.1) is 0 Å². The van der Waals surface area contributed by atoms with Gasteiger partial charge < -0.3 is 28.7 Å². The summed E-state index contributed by atoms with van der Waals surface area (Å²) < 4.78 is 22.0. The van der Waals surface area contributed by atoms with Gasteiger partial charge in [-0.2, -0.15) is 0 Å². The van der Waals surface area contributed by atoms with E-state index in [1.54, 1.807) is 28.4 Å². The summed E-state index contributed by atoms with van der Waals surface area (Å²) in [5.74, 6) is 0.832. The molecule has 2 amide bonds. The van der Waals surface area contributed by atoms with Crippen LogP contribution in [0.1, 0.15) is 46.8 Å². The van der Waals surface area contributed by atoms with Crippen molar-refractivity contribution in [2.75, 3.05) is 74.3 Å². The number of carbonyl (C=O) groups is 2. The van der Waals surface area contributed by atoms with Crippen LogP contribution >= 0.6 is 0 Å². The second-order valence-electron chi connectivity index (χ2n) is 9.63. The SMILES string of the molecule is CCCN1C(=O)c2ccccc2[C@@H](C(=O)N2CCN(CCOC)CC2)[C@@H]1c1cc(OC)c(OC)c(OC)c1. The number of hydrogen-bond acceptors (Lipinski definition) is 7. The van der Waals surface area contributed by atoms with Crippen molar-refractivity contribution in [3.05, 3.63) is 53.1 Å². The van der Waals surface area contributed by atoms with Gasteiger partial charge in [0.05, 0.1) is 39.9 Å². The van der Waals surface area contributed by atoms with Crippen LogP contribution in [0.2, 0.25) is 0 Å². The molecule has 1 saturated heterocycles. The predicted octanol–water partition coefficient (Wildman–Crippen LogP) is 3.19. The second-order valence-corrected chi connectivity index (χ2v) is 9.63. The maximum atomic E-state index is 14.4. The molecule has 2 aliphatic rings. The third-order valence-corrected chi connectivity index (χ3v) is 7.49. The van der Waals surface area contributed by atoms with Crippen molar-refractivity contribution in [1.82, 2.24) is 14.7 Å². The molecule has 2 aromatic rings. The minimum atomic E-state index is -0.566. The van der Waals surface area contributed by atoms with Gasteiger partial charge in [-0.15, -0.1) is 0 Å². The zero-order valence-corrected chi connectivity index (χ0v) is 23.1. The summed E-state index contributed by atoms with van der Waals surface area (Å²) in [5.41, 5.74) is 2.12. The van der Waals surface area contributed by atoms with E-state index < -0.39 is 12.0 Å². The number of carbonyl (C=O) groups excluding carboxylic acids is 2. The molecule has 0 saturated carbocycles. The number of fused-ring (bicyclic) bond motifs is 1. The van der Waals surface area contributed by atoms with Crippen molar-refractivity contribution in [1.29, 1.82) is 0 Å². The Morgan fingerprint density at radius 1 is 0.921 bits per heavy atom. The standard InChI is InChI=1S/C29H39N3O6/c1-6-11-32-26(20-18-23(36-3)27(38-5)24(19-20)37-4)25(21-9-7-8-10-22(21)28(32)33)29(34)31-14-12-30(13-15-31)16-17-35-2/h7-10,18-19,25-26H,6,11-17H2,1-5H3/t25-,26+/m1/s1. The van der Waals surface area contributed by atoms with Crippen LogP contribution in [0.15, 0.2) is 36.4 Å². The molecule has 0 radical (unpaired) electrons. The van der Waals surface area contributed by atoms with Gasteiger partial charge in [-0.05, 0) is 35.7 Å². The van der Waals surface area contributed by atoms with Crippen molar-refractivity contribution in [2.24, 2.45) is 0 Å². The van der Waals surface area contributed by atoms with Crippen LogP contribution in [0.25, 0.3) is 0 Å². The monoisotopic (exact) mass is 525 g/mol. The number of piperazine rings is 1. The van der Waals surface area contributed by atoms with Gasteiger partial charge in [-0.1, -0.05) is 25.1 Å². The molecular formula is C29H39N3O6. The van der Waals surface area contributed by atoms with Crippen LogP contribution in [0.5, 0.6) is 17.2 Å². The highest BCUT2D eigenvalue weighted by atomic mass is 16.5. The second kappa shape index (κ2) is 12.5. The summed E-state index contributed by atoms with van der Waals surface area (Å²) in [6.45, 7) is 6.90. The van der Waals surface area contributed by atoms with Gasteiger partial charge in [0, 0.05) is 51.9 Å². The van der Waals surface area contributed by atoms with Crippen molar-refractivity contribution in [3.63, 3.8) is 0 Å². The lowest BCUT2D eigenvalue weighted by Gasteiger charge is -2.44. The summed E-state index contributed by atoms with van der Waals surface area (Å²) in [6.07, 6.45) is 0.758. The number of rotatable bonds is 10. The Bertz CT molecular complexity index is 1110. The van der Waals surface area contributed by atoms with E-state index in [1.807, 2.05) is 53.1 Å². The number of benzene rings is 2. The highest BCUT2D eigenvalue weighted by molar-refractivity contribution is 6.01. The maximum Gasteiger partial charge on any atom is 0.254 e. The lowest BCUT2D eigenvalue weighted by atomic mass is 9.78. The smallest absolute Gasteiger partial charge is 0.254 e. The Hall–Kier alpha value is -3.30. The Kier molecular flexibility index (Phi) is 9.12. The number of methoxy groups -OCH3 is 4. The topological polar surface area (TPSA) is 80.8 Å². The van der Waals surface area contributed by atoms with E-state index >= 15 is 0 Å². The number of ether oxygens (including phenoxy) is 4. The molecule has 0 aliphatic carbocycles. The average molecular weight is 526 g/mol. The third kappa shape index (κ3) is 5.31. The molecule has 206 valence electrons. The van der Waals surface area contributed by atoms with Gasteiger partial charge in [0.15, 0.2) is 11.5 Å². The molecule has 0 N–H and O–H groups in total. The first-order valence-electron chi connectivity index (χ1n) is 13.2. The van der Waals surface area contributed by atoms with Crippen molar-refractivity contribution in [2.45, 2.75) is 25.3 Å². The summed E-state index contributed by atoms with van der Waals surface area (Å²) in [4.78, 5) is 34.3. The van der Waals surface area contributed by atoms with Crippen LogP contribution in [-0.2, 0) is 9.53 Å². The molecule has 38 heavy (non-hydrogen) atoms. The van der Waals surface area contributed by atoms with Crippen LogP contribution in [0.4, 0.5) is 0 Å².